The molecule has 0 amide bonds. The SMILES string of the molecule is C#CC#CC#CC#CC#CC#COC(=O)/C(=c1\sc(C)c2c(=C(C)C)sc(-c3cc(CCCCCCCCCCCCCCCC)c(-c4cc5sc(-c6sc(C)cc6CCCCCCCCCCCCCCCC)cc5s4)s3)c12)C(F)(F)F. The maximum Gasteiger partial charge on any atom is 0.424 e. The molecule has 440 valence electrons. The van der Waals surface area contributed by atoms with Gasteiger partial charge in [0.25, 0.3) is 0 Å². The van der Waals surface area contributed by atoms with Crippen molar-refractivity contribution >= 4 is 105 Å². The van der Waals surface area contributed by atoms with Gasteiger partial charge in [0.2, 0.25) is 0 Å². The number of ether oxygens (including phenoxy) is 1. The highest BCUT2D eigenvalue weighted by Gasteiger charge is 2.42. The fourth-order valence-electron chi connectivity index (χ4n) is 10.7. The third kappa shape index (κ3) is 21.5. The molecule has 6 rings (SSSR count). The average molecular weight is 1230 g/mol. The summed E-state index contributed by atoms with van der Waals surface area (Å²) >= 11 is 9.74. The highest BCUT2D eigenvalue weighted by molar-refractivity contribution is 7.34. The predicted octanol–water partition coefficient (Wildman–Crippen LogP) is 22.1. The van der Waals surface area contributed by atoms with Gasteiger partial charge < -0.3 is 4.74 Å². The van der Waals surface area contributed by atoms with Crippen molar-refractivity contribution in [1.82, 2.24) is 0 Å². The lowest BCUT2D eigenvalue weighted by atomic mass is 10.0. The van der Waals surface area contributed by atoms with E-state index in [1.54, 1.807) is 11.3 Å². The largest absolute Gasteiger partial charge is 0.424 e. The molecular formula is C72H83F3O2S6. The van der Waals surface area contributed by atoms with E-state index >= 15 is 13.2 Å². The van der Waals surface area contributed by atoms with E-state index in [9.17, 15) is 4.79 Å². The van der Waals surface area contributed by atoms with Gasteiger partial charge in [0.1, 0.15) is 6.11 Å². The molecular weight excluding hydrogens is 1150 g/mol. The Labute approximate surface area is 519 Å². The number of carbonyl (C=O) groups excluding carboxylic acids is 1. The summed E-state index contributed by atoms with van der Waals surface area (Å²) in [7, 11) is 0. The Bertz CT molecular complexity index is 3520. The Morgan fingerprint density at radius 2 is 0.880 bits per heavy atom. The van der Waals surface area contributed by atoms with E-state index in [2.05, 4.69) is 104 Å². The van der Waals surface area contributed by atoms with Gasteiger partial charge in [-0.3, -0.25) is 0 Å². The van der Waals surface area contributed by atoms with Crippen LogP contribution in [0.25, 0.3) is 60.6 Å². The van der Waals surface area contributed by atoms with Gasteiger partial charge in [-0.15, -0.1) is 74.4 Å². The van der Waals surface area contributed by atoms with Crippen LogP contribution in [0.15, 0.2) is 24.3 Å². The lowest BCUT2D eigenvalue weighted by Gasteiger charge is -2.08. The molecule has 6 heterocycles. The topological polar surface area (TPSA) is 26.3 Å². The predicted molar refractivity (Wildman–Crippen MR) is 360 cm³/mol. The number of esters is 1. The van der Waals surface area contributed by atoms with Crippen LogP contribution in [0, 0.1) is 85.6 Å². The molecule has 0 aromatic carbocycles. The zero-order chi connectivity index (χ0) is 59.2. The average Bonchev–Trinajstić information content (AvgIpc) is 1.98. The smallest absolute Gasteiger partial charge is 0.367 e. The van der Waals surface area contributed by atoms with Crippen molar-refractivity contribution in [2.24, 2.45) is 0 Å². The van der Waals surface area contributed by atoms with Gasteiger partial charge in [0.05, 0.1) is 9.41 Å². The number of thiophene rings is 6. The summed E-state index contributed by atoms with van der Waals surface area (Å²) in [6.07, 6.45) is 41.0. The fourth-order valence-corrected chi connectivity index (χ4v) is 18.4. The Hall–Kier alpha value is -4.92. The normalized spacial score (nSPS) is 11.4. The first-order chi connectivity index (χ1) is 40.4. The van der Waals surface area contributed by atoms with Gasteiger partial charge in [-0.25, -0.2) is 4.79 Å². The van der Waals surface area contributed by atoms with Gasteiger partial charge in [-0.2, -0.15) is 13.2 Å². The van der Waals surface area contributed by atoms with Gasteiger partial charge in [-0.05, 0) is 118 Å². The Morgan fingerprint density at radius 3 is 1.33 bits per heavy atom. The summed E-state index contributed by atoms with van der Waals surface area (Å²) in [6, 6.07) is 9.37. The molecule has 0 aliphatic heterocycles. The van der Waals surface area contributed by atoms with Crippen LogP contribution < -0.4 is 9.06 Å². The van der Waals surface area contributed by atoms with Crippen LogP contribution in [0.1, 0.15) is 228 Å². The molecule has 0 aliphatic rings. The van der Waals surface area contributed by atoms with Crippen molar-refractivity contribution in [2.45, 2.75) is 240 Å². The molecule has 0 bridgehead atoms. The summed E-state index contributed by atoms with van der Waals surface area (Å²) in [5.41, 5.74) is 2.30. The molecule has 0 N–H and O–H groups in total. The quantitative estimate of drug-likeness (QED) is 0.0229. The Morgan fingerprint density at radius 1 is 0.470 bits per heavy atom. The summed E-state index contributed by atoms with van der Waals surface area (Å²) in [5.74, 6) is 22.1. The van der Waals surface area contributed by atoms with E-state index < -0.39 is 17.7 Å². The van der Waals surface area contributed by atoms with E-state index in [-0.39, 0.29) is 4.53 Å². The third-order valence-corrected chi connectivity index (χ3v) is 22.5. The number of fused-ring (bicyclic) bond motifs is 2. The number of aryl methyl sites for hydroxylation is 4. The van der Waals surface area contributed by atoms with E-state index in [0.717, 1.165) is 62.3 Å². The van der Waals surface area contributed by atoms with Crippen molar-refractivity contribution in [2.75, 3.05) is 0 Å². The van der Waals surface area contributed by atoms with Crippen molar-refractivity contribution in [3.8, 4) is 101 Å². The first-order valence-electron chi connectivity index (χ1n) is 30.6. The van der Waals surface area contributed by atoms with Crippen LogP contribution in [-0.2, 0) is 22.4 Å². The molecule has 0 fully saturated rings. The zero-order valence-corrected chi connectivity index (χ0v) is 54.9. The van der Waals surface area contributed by atoms with Crippen LogP contribution in [0.5, 0.6) is 0 Å². The Balaban J connectivity index is 1.23. The number of hydrogen-bond acceptors (Lipinski definition) is 8. The number of carbonyl (C=O) groups is 1. The molecule has 0 saturated carbocycles. The standard InChI is InChI=1S/C72H83F3O2S6/c1-8-11-14-17-20-23-26-28-30-32-34-37-40-43-46-56-49-54(6)78-67(56)61-51-58-59(80-61)52-62(81-58)68-57(47-44-41-38-35-33-31-29-27-24-21-18-15-12-9-2)50-60(82-68)69-64-63(66(83-69)53(4)5)55(7)79-70(64)65(72(73,74)75)71(76)77-48-45-42-39-36-25-22-19-16-13-10-3/h3,49-52H,8-9,11-12,14-15,17-18,20-21,23-24,26-35,37-38,40-41,43-44,46-47H2,1-2,4-7H3/b70-65+. The van der Waals surface area contributed by atoms with E-state index in [1.165, 1.54) is 223 Å². The second-order valence-corrected chi connectivity index (χ2v) is 28.7. The van der Waals surface area contributed by atoms with Crippen molar-refractivity contribution in [3.05, 3.63) is 54.2 Å². The minimum atomic E-state index is -5.04. The number of terminal acetylenes is 1. The van der Waals surface area contributed by atoms with Crippen molar-refractivity contribution < 1.29 is 22.7 Å². The van der Waals surface area contributed by atoms with Crippen LogP contribution >= 0.6 is 68.0 Å². The van der Waals surface area contributed by atoms with Crippen molar-refractivity contribution in [3.63, 3.8) is 0 Å². The number of alkyl halides is 3. The summed E-state index contributed by atoms with van der Waals surface area (Å²) in [6.45, 7) is 12.6. The molecule has 0 unspecified atom stereocenters. The van der Waals surface area contributed by atoms with Crippen LogP contribution in [0.4, 0.5) is 13.2 Å². The number of hydrogen-bond donors (Lipinski definition) is 0. The summed E-state index contributed by atoms with van der Waals surface area (Å²) < 4.78 is 54.2. The van der Waals surface area contributed by atoms with Crippen molar-refractivity contribution in [1.29, 1.82) is 0 Å². The van der Waals surface area contributed by atoms with Gasteiger partial charge in [-0.1, -0.05) is 186 Å². The maximum absolute atomic E-state index is 15.3. The first-order valence-corrected chi connectivity index (χ1v) is 35.5. The molecule has 6 aromatic heterocycles. The highest BCUT2D eigenvalue weighted by Crippen LogP contribution is 2.50. The highest BCUT2D eigenvalue weighted by atomic mass is 32.1. The second kappa shape index (κ2) is 36.8. The zero-order valence-electron chi connectivity index (χ0n) is 50.0. The molecule has 6 aromatic rings. The third-order valence-electron chi connectivity index (χ3n) is 14.9. The first kappa shape index (κ1) is 67.2. The fraction of sp³-hybridized carbons (Fsp3) is 0.514. The lowest BCUT2D eigenvalue weighted by molar-refractivity contribution is -0.136. The molecule has 0 atom stereocenters. The number of halogens is 3. The minimum absolute atomic E-state index is 0.167. The summed E-state index contributed by atoms with van der Waals surface area (Å²) in [4.78, 5) is 22.4. The van der Waals surface area contributed by atoms with Gasteiger partial charge in [0, 0.05) is 88.4 Å². The Kier molecular flexibility index (Phi) is 29.8. The van der Waals surface area contributed by atoms with Gasteiger partial charge in [0.15, 0.2) is 5.57 Å². The van der Waals surface area contributed by atoms with Gasteiger partial charge >= 0.3 is 12.1 Å². The monoisotopic (exact) mass is 1230 g/mol. The lowest BCUT2D eigenvalue weighted by Crippen LogP contribution is -2.26. The maximum atomic E-state index is 15.3. The van der Waals surface area contributed by atoms with Crippen LogP contribution in [0.2, 0.25) is 0 Å². The molecule has 2 nitrogen and oxygen atoms in total. The molecule has 0 saturated heterocycles. The van der Waals surface area contributed by atoms with E-state index in [0.29, 0.717) is 10.3 Å². The minimum Gasteiger partial charge on any atom is -0.367 e. The molecule has 0 radical (unpaired) electrons. The molecule has 83 heavy (non-hydrogen) atoms. The molecule has 11 heteroatoms. The van der Waals surface area contributed by atoms with E-state index in [1.807, 2.05) is 60.9 Å². The number of rotatable bonds is 34. The second-order valence-electron chi connectivity index (χ2n) is 21.9. The molecule has 0 spiro atoms. The summed E-state index contributed by atoms with van der Waals surface area (Å²) in [5, 5.41) is 1.17. The van der Waals surface area contributed by atoms with Crippen LogP contribution in [0.3, 0.4) is 0 Å². The van der Waals surface area contributed by atoms with Crippen LogP contribution in [-0.4, -0.2) is 12.1 Å². The molecule has 0 aliphatic carbocycles. The van der Waals surface area contributed by atoms with E-state index in [4.69, 9.17) is 11.2 Å². The number of unbranched alkanes of at least 4 members (excludes halogenated alkanes) is 26.